The van der Waals surface area contributed by atoms with E-state index in [-0.39, 0.29) is 21.9 Å². The van der Waals surface area contributed by atoms with Crippen molar-refractivity contribution in [2.75, 3.05) is 32.6 Å². The zero-order valence-electron chi connectivity index (χ0n) is 16.2. The summed E-state index contributed by atoms with van der Waals surface area (Å²) in [5.41, 5.74) is 0.727. The first-order valence-corrected chi connectivity index (χ1v) is 10.6. The van der Waals surface area contributed by atoms with E-state index >= 15 is 0 Å². The maximum absolute atomic E-state index is 12.7. The van der Waals surface area contributed by atoms with Gasteiger partial charge >= 0.3 is 5.97 Å². The Hall–Kier alpha value is -1.04. The van der Waals surface area contributed by atoms with Crippen LogP contribution in [0.5, 0.6) is 0 Å². The molecule has 1 heterocycles. The highest BCUT2D eigenvalue weighted by atomic mass is 32.2. The Morgan fingerprint density at radius 1 is 1.28 bits per heavy atom. The molecule has 4 nitrogen and oxygen atoms in total. The molecule has 2 unspecified atom stereocenters. The highest BCUT2D eigenvalue weighted by Crippen LogP contribution is 2.35. The number of hydrogen-bond acceptors (Lipinski definition) is 4. The van der Waals surface area contributed by atoms with Crippen molar-refractivity contribution in [3.05, 3.63) is 35.9 Å². The quantitative estimate of drug-likeness (QED) is 0.547. The van der Waals surface area contributed by atoms with Crippen LogP contribution in [-0.2, 0) is 31.4 Å². The zero-order valence-corrected chi connectivity index (χ0v) is 17.0. The number of carbonyl (C=O) groups is 1. The van der Waals surface area contributed by atoms with E-state index in [4.69, 9.17) is 8.92 Å². The Labute approximate surface area is 155 Å². The molecule has 1 fully saturated rings. The average Bonchev–Trinajstić information content (AvgIpc) is 2.97. The molecule has 2 atom stereocenters. The third-order valence-corrected chi connectivity index (χ3v) is 6.96. The lowest BCUT2D eigenvalue weighted by atomic mass is 9.88. The van der Waals surface area contributed by atoms with Crippen molar-refractivity contribution in [3.8, 4) is 0 Å². The number of nitrogens with zero attached hydrogens (tertiary/aromatic N) is 1. The standard InChI is InChI=1S/C20H32NO3S/c1-6-23-18(22)20(16-24-25(5)19(2,3)4)12-13-21(15-20)14-17-10-8-7-9-11-17/h7-11H,6,12-16H2,1-5H3/q+1. The molecular formula is C20H32NO3S+. The van der Waals surface area contributed by atoms with E-state index in [2.05, 4.69) is 56.2 Å². The van der Waals surface area contributed by atoms with Gasteiger partial charge in [-0.1, -0.05) is 30.3 Å². The molecule has 1 saturated heterocycles. The van der Waals surface area contributed by atoms with Crippen molar-refractivity contribution in [1.82, 2.24) is 4.90 Å². The molecule has 0 bridgehead atoms. The molecule has 1 aliphatic rings. The Bertz CT molecular complexity index is 558. The van der Waals surface area contributed by atoms with Crippen LogP contribution in [-0.4, -0.2) is 48.2 Å². The van der Waals surface area contributed by atoms with Gasteiger partial charge in [-0.2, -0.15) is 4.18 Å². The van der Waals surface area contributed by atoms with Gasteiger partial charge in [-0.25, -0.2) is 0 Å². The summed E-state index contributed by atoms with van der Waals surface area (Å²) < 4.78 is 11.6. The van der Waals surface area contributed by atoms with Crippen molar-refractivity contribution in [2.24, 2.45) is 5.41 Å². The molecule has 1 aromatic carbocycles. The van der Waals surface area contributed by atoms with Crippen LogP contribution >= 0.6 is 0 Å². The lowest BCUT2D eigenvalue weighted by Crippen LogP contribution is -2.42. The van der Waals surface area contributed by atoms with E-state index in [1.165, 1.54) is 5.56 Å². The predicted octanol–water partition coefficient (Wildman–Crippen LogP) is 3.42. The minimum absolute atomic E-state index is 0.0815. The van der Waals surface area contributed by atoms with E-state index < -0.39 is 5.41 Å². The van der Waals surface area contributed by atoms with Gasteiger partial charge in [-0.05, 0) is 46.2 Å². The summed E-state index contributed by atoms with van der Waals surface area (Å²) in [6.45, 7) is 11.7. The second kappa shape index (κ2) is 8.56. The number of ether oxygens (including phenoxy) is 1. The largest absolute Gasteiger partial charge is 0.465 e. The molecule has 0 radical (unpaired) electrons. The summed E-state index contributed by atoms with van der Waals surface area (Å²) in [4.78, 5) is 15.0. The number of benzene rings is 1. The normalized spacial score (nSPS) is 22.8. The molecule has 140 valence electrons. The lowest BCUT2D eigenvalue weighted by Gasteiger charge is -2.27. The fourth-order valence-corrected chi connectivity index (χ4v) is 3.70. The van der Waals surface area contributed by atoms with Crippen molar-refractivity contribution in [1.29, 1.82) is 0 Å². The molecule has 0 amide bonds. The van der Waals surface area contributed by atoms with Gasteiger partial charge in [0.25, 0.3) is 0 Å². The number of hydrogen-bond donors (Lipinski definition) is 0. The maximum atomic E-state index is 12.7. The van der Waals surface area contributed by atoms with Crippen molar-refractivity contribution in [2.45, 2.75) is 45.4 Å². The topological polar surface area (TPSA) is 38.8 Å². The van der Waals surface area contributed by atoms with E-state index in [0.29, 0.717) is 19.8 Å². The highest BCUT2D eigenvalue weighted by Gasteiger charge is 2.48. The Morgan fingerprint density at radius 2 is 1.96 bits per heavy atom. The van der Waals surface area contributed by atoms with Crippen LogP contribution in [0, 0.1) is 5.41 Å². The minimum atomic E-state index is -0.544. The molecule has 0 aromatic heterocycles. The maximum Gasteiger partial charge on any atom is 0.316 e. The molecule has 0 aliphatic carbocycles. The average molecular weight is 367 g/mol. The zero-order chi connectivity index (χ0) is 18.5. The monoisotopic (exact) mass is 366 g/mol. The third kappa shape index (κ3) is 5.47. The molecule has 2 rings (SSSR count). The van der Waals surface area contributed by atoms with Gasteiger partial charge in [-0.15, -0.1) is 0 Å². The first kappa shape index (κ1) is 20.3. The summed E-state index contributed by atoms with van der Waals surface area (Å²) in [7, 11) is 0. The second-order valence-corrected chi connectivity index (χ2v) is 10.1. The van der Waals surface area contributed by atoms with Crippen LogP contribution in [0.3, 0.4) is 0 Å². The lowest BCUT2D eigenvalue weighted by molar-refractivity contribution is -0.156. The summed E-state index contributed by atoms with van der Waals surface area (Å²) in [5.74, 6) is -0.114. The van der Waals surface area contributed by atoms with Gasteiger partial charge < -0.3 is 4.74 Å². The third-order valence-electron chi connectivity index (χ3n) is 4.76. The smallest absolute Gasteiger partial charge is 0.316 e. The van der Waals surface area contributed by atoms with Crippen LogP contribution in [0.15, 0.2) is 30.3 Å². The van der Waals surface area contributed by atoms with Crippen LogP contribution in [0.2, 0.25) is 0 Å². The van der Waals surface area contributed by atoms with E-state index in [0.717, 1.165) is 19.5 Å². The molecule has 0 saturated carbocycles. The van der Waals surface area contributed by atoms with Gasteiger partial charge in [0.05, 0.1) is 6.61 Å². The van der Waals surface area contributed by atoms with Crippen LogP contribution in [0.4, 0.5) is 0 Å². The first-order chi connectivity index (χ1) is 11.8. The molecule has 5 heteroatoms. The number of carbonyl (C=O) groups excluding carboxylic acids is 1. The van der Waals surface area contributed by atoms with Gasteiger partial charge in [-0.3, -0.25) is 9.69 Å². The van der Waals surface area contributed by atoms with Crippen molar-refractivity contribution >= 4 is 17.1 Å². The predicted molar refractivity (Wildman–Crippen MR) is 104 cm³/mol. The van der Waals surface area contributed by atoms with Gasteiger partial charge in [0.15, 0.2) is 4.75 Å². The SMILES string of the molecule is CCOC(=O)C1(CO[S+](C)C(C)(C)C)CCN(Cc2ccccc2)C1. The van der Waals surface area contributed by atoms with Crippen LogP contribution in [0.25, 0.3) is 0 Å². The fraction of sp³-hybridized carbons (Fsp3) is 0.650. The van der Waals surface area contributed by atoms with Crippen LogP contribution < -0.4 is 0 Å². The minimum Gasteiger partial charge on any atom is -0.465 e. The Balaban J connectivity index is 2.05. The highest BCUT2D eigenvalue weighted by molar-refractivity contribution is 7.93. The number of likely N-dealkylation sites (tertiary alicyclic amines) is 1. The van der Waals surface area contributed by atoms with Crippen LogP contribution in [0.1, 0.15) is 39.7 Å². The van der Waals surface area contributed by atoms with Gasteiger partial charge in [0, 0.05) is 13.1 Å². The van der Waals surface area contributed by atoms with E-state index in [9.17, 15) is 4.79 Å². The Kier molecular flexibility index (Phi) is 6.94. The first-order valence-electron chi connectivity index (χ1n) is 9.00. The number of rotatable bonds is 7. The molecule has 0 N–H and O–H groups in total. The summed E-state index contributed by atoms with van der Waals surface area (Å²) >= 11 is -0.205. The van der Waals surface area contributed by atoms with Gasteiger partial charge in [0.1, 0.15) is 29.5 Å². The Morgan fingerprint density at radius 3 is 2.56 bits per heavy atom. The van der Waals surface area contributed by atoms with E-state index in [1.54, 1.807) is 0 Å². The summed E-state index contributed by atoms with van der Waals surface area (Å²) in [6.07, 6.45) is 2.90. The number of esters is 1. The van der Waals surface area contributed by atoms with E-state index in [1.807, 2.05) is 13.0 Å². The molecule has 0 spiro atoms. The summed E-state index contributed by atoms with van der Waals surface area (Å²) in [5, 5.41) is 0. The molecule has 25 heavy (non-hydrogen) atoms. The summed E-state index contributed by atoms with van der Waals surface area (Å²) in [6, 6.07) is 10.4. The van der Waals surface area contributed by atoms with Crippen molar-refractivity contribution in [3.63, 3.8) is 0 Å². The second-order valence-electron chi connectivity index (χ2n) is 7.78. The fourth-order valence-electron chi connectivity index (χ4n) is 2.94. The molecule has 1 aromatic rings. The van der Waals surface area contributed by atoms with Crippen molar-refractivity contribution < 1.29 is 13.7 Å². The van der Waals surface area contributed by atoms with Gasteiger partial charge in [0.2, 0.25) is 0 Å². The molecule has 1 aliphatic heterocycles. The molecular weight excluding hydrogens is 334 g/mol.